The first-order valence-corrected chi connectivity index (χ1v) is 11.2. The Hall–Kier alpha value is -3.02. The second kappa shape index (κ2) is 10.3. The zero-order valence-electron chi connectivity index (χ0n) is 18.2. The molecule has 0 atom stereocenters. The number of carbonyl (C=O) groups is 1. The highest BCUT2D eigenvalue weighted by Crippen LogP contribution is 2.24. The van der Waals surface area contributed by atoms with E-state index in [1.165, 1.54) is 19.3 Å². The zero-order chi connectivity index (χ0) is 21.5. The van der Waals surface area contributed by atoms with Crippen molar-refractivity contribution in [2.75, 3.05) is 20.3 Å². The van der Waals surface area contributed by atoms with Crippen molar-refractivity contribution in [3.63, 3.8) is 0 Å². The molecule has 1 amide bonds. The highest BCUT2D eigenvalue weighted by atomic mass is 16.5. The van der Waals surface area contributed by atoms with Crippen molar-refractivity contribution in [1.29, 1.82) is 0 Å². The minimum absolute atomic E-state index is 0.184. The number of rotatable bonds is 9. The van der Waals surface area contributed by atoms with E-state index in [2.05, 4.69) is 16.0 Å². The van der Waals surface area contributed by atoms with Crippen LogP contribution in [0.3, 0.4) is 0 Å². The summed E-state index contributed by atoms with van der Waals surface area (Å²) in [5.41, 5.74) is 2.06. The van der Waals surface area contributed by atoms with Crippen LogP contribution >= 0.6 is 0 Å². The van der Waals surface area contributed by atoms with E-state index in [1.54, 1.807) is 7.11 Å². The van der Waals surface area contributed by atoms with Gasteiger partial charge in [0.2, 0.25) is 5.91 Å². The molecule has 164 valence electrons. The number of benzene rings is 2. The van der Waals surface area contributed by atoms with Gasteiger partial charge >= 0.3 is 0 Å². The van der Waals surface area contributed by atoms with Gasteiger partial charge in [0, 0.05) is 24.9 Å². The van der Waals surface area contributed by atoms with E-state index in [-0.39, 0.29) is 11.8 Å². The average molecular weight is 422 g/mol. The Morgan fingerprint density at radius 2 is 1.90 bits per heavy atom. The molecule has 1 aliphatic rings. The number of ether oxygens (including phenoxy) is 2. The minimum atomic E-state index is 0.184. The Bertz CT molecular complexity index is 1010. The van der Waals surface area contributed by atoms with Crippen LogP contribution in [0.2, 0.25) is 0 Å². The smallest absolute Gasteiger partial charge is 0.223 e. The summed E-state index contributed by atoms with van der Waals surface area (Å²) >= 11 is 0. The number of para-hydroxylation sites is 2. The van der Waals surface area contributed by atoms with Crippen molar-refractivity contribution >= 4 is 16.9 Å². The number of methoxy groups -OCH3 is 1. The zero-order valence-corrected chi connectivity index (χ0v) is 18.2. The molecule has 1 aromatic heterocycles. The molecule has 6 heteroatoms. The quantitative estimate of drug-likeness (QED) is 0.557. The molecular formula is C25H31N3O3. The van der Waals surface area contributed by atoms with Crippen LogP contribution < -0.4 is 14.8 Å². The van der Waals surface area contributed by atoms with Gasteiger partial charge in [0.05, 0.1) is 24.7 Å². The fourth-order valence-electron chi connectivity index (χ4n) is 4.32. The summed E-state index contributed by atoms with van der Waals surface area (Å²) in [5.74, 6) is 2.91. The van der Waals surface area contributed by atoms with E-state index in [0.29, 0.717) is 26.1 Å². The number of aromatic nitrogens is 2. The molecule has 0 unspecified atom stereocenters. The number of nitrogens with one attached hydrogen (secondary N) is 1. The molecule has 1 N–H and O–H groups in total. The Morgan fingerprint density at radius 1 is 1.10 bits per heavy atom. The highest BCUT2D eigenvalue weighted by Gasteiger charge is 2.20. The van der Waals surface area contributed by atoms with Gasteiger partial charge in [-0.05, 0) is 37.1 Å². The van der Waals surface area contributed by atoms with E-state index >= 15 is 0 Å². The molecular weight excluding hydrogens is 390 g/mol. The van der Waals surface area contributed by atoms with Gasteiger partial charge in [-0.25, -0.2) is 4.98 Å². The Kier molecular flexibility index (Phi) is 7.07. The lowest BCUT2D eigenvalue weighted by Crippen LogP contribution is -2.33. The fourth-order valence-corrected chi connectivity index (χ4v) is 4.32. The van der Waals surface area contributed by atoms with Gasteiger partial charge in [-0.15, -0.1) is 0 Å². The standard InChI is InChI=1S/C25H31N3O3/c1-30-20-10-7-11-21(18-20)31-17-16-28-23-13-6-5-12-22(23)27-24(28)14-15-26-25(29)19-8-3-2-4-9-19/h5-7,10-13,18-19H,2-4,8-9,14-17H2,1H3,(H,26,29). The summed E-state index contributed by atoms with van der Waals surface area (Å²) in [4.78, 5) is 17.3. The largest absolute Gasteiger partial charge is 0.497 e. The lowest BCUT2D eigenvalue weighted by molar-refractivity contribution is -0.125. The van der Waals surface area contributed by atoms with Crippen molar-refractivity contribution in [3.8, 4) is 11.5 Å². The number of imidazole rings is 1. The van der Waals surface area contributed by atoms with Gasteiger partial charge in [-0.1, -0.05) is 37.5 Å². The van der Waals surface area contributed by atoms with Crippen LogP contribution in [-0.4, -0.2) is 35.7 Å². The molecule has 2 aromatic carbocycles. The molecule has 1 heterocycles. The van der Waals surface area contributed by atoms with Gasteiger partial charge in [0.1, 0.15) is 23.9 Å². The number of amides is 1. The van der Waals surface area contributed by atoms with Crippen LogP contribution in [0, 0.1) is 5.92 Å². The van der Waals surface area contributed by atoms with E-state index in [4.69, 9.17) is 14.5 Å². The first-order valence-electron chi connectivity index (χ1n) is 11.2. The van der Waals surface area contributed by atoms with Gasteiger partial charge in [-0.3, -0.25) is 4.79 Å². The van der Waals surface area contributed by atoms with Crippen LogP contribution in [0.4, 0.5) is 0 Å². The van der Waals surface area contributed by atoms with Crippen molar-refractivity contribution < 1.29 is 14.3 Å². The van der Waals surface area contributed by atoms with Crippen LogP contribution in [0.5, 0.6) is 11.5 Å². The Balaban J connectivity index is 1.38. The lowest BCUT2D eigenvalue weighted by Gasteiger charge is -2.20. The van der Waals surface area contributed by atoms with Gasteiger partial charge in [0.25, 0.3) is 0 Å². The van der Waals surface area contributed by atoms with Crippen molar-refractivity contribution in [2.45, 2.75) is 45.1 Å². The third-order valence-electron chi connectivity index (χ3n) is 5.98. The minimum Gasteiger partial charge on any atom is -0.497 e. The second-order valence-electron chi connectivity index (χ2n) is 8.07. The average Bonchev–Trinajstić information content (AvgIpc) is 3.17. The number of fused-ring (bicyclic) bond motifs is 1. The van der Waals surface area contributed by atoms with Gasteiger partial charge < -0.3 is 19.4 Å². The Labute approximate surface area is 183 Å². The first kappa shape index (κ1) is 21.2. The van der Waals surface area contributed by atoms with E-state index in [1.807, 2.05) is 42.5 Å². The fraction of sp³-hybridized carbons (Fsp3) is 0.440. The summed E-state index contributed by atoms with van der Waals surface area (Å²) in [7, 11) is 1.65. The van der Waals surface area contributed by atoms with E-state index < -0.39 is 0 Å². The summed E-state index contributed by atoms with van der Waals surface area (Å²) in [5, 5.41) is 3.13. The van der Waals surface area contributed by atoms with Crippen molar-refractivity contribution in [2.24, 2.45) is 5.92 Å². The molecule has 1 aliphatic carbocycles. The van der Waals surface area contributed by atoms with Gasteiger partial charge in [0.15, 0.2) is 0 Å². The van der Waals surface area contributed by atoms with E-state index in [9.17, 15) is 4.79 Å². The Morgan fingerprint density at radius 3 is 2.74 bits per heavy atom. The molecule has 4 rings (SSSR count). The monoisotopic (exact) mass is 421 g/mol. The number of nitrogens with zero attached hydrogens (tertiary/aromatic N) is 2. The molecule has 0 bridgehead atoms. The maximum Gasteiger partial charge on any atom is 0.223 e. The predicted molar refractivity (Wildman–Crippen MR) is 122 cm³/mol. The molecule has 1 saturated carbocycles. The van der Waals surface area contributed by atoms with Crippen molar-refractivity contribution in [1.82, 2.24) is 14.9 Å². The van der Waals surface area contributed by atoms with E-state index in [0.717, 1.165) is 41.2 Å². The highest BCUT2D eigenvalue weighted by molar-refractivity contribution is 5.78. The lowest BCUT2D eigenvalue weighted by atomic mass is 9.89. The number of hydrogen-bond acceptors (Lipinski definition) is 4. The van der Waals surface area contributed by atoms with Crippen LogP contribution in [0.15, 0.2) is 48.5 Å². The summed E-state index contributed by atoms with van der Waals surface area (Å²) in [6.07, 6.45) is 6.33. The third kappa shape index (κ3) is 5.37. The summed E-state index contributed by atoms with van der Waals surface area (Å²) in [6.45, 7) is 1.81. The van der Waals surface area contributed by atoms with Crippen molar-refractivity contribution in [3.05, 3.63) is 54.4 Å². The second-order valence-corrected chi connectivity index (χ2v) is 8.07. The summed E-state index contributed by atoms with van der Waals surface area (Å²) in [6, 6.07) is 15.8. The molecule has 0 radical (unpaired) electrons. The van der Waals surface area contributed by atoms with Gasteiger partial charge in [-0.2, -0.15) is 0 Å². The molecule has 1 fully saturated rings. The molecule has 3 aromatic rings. The molecule has 0 spiro atoms. The predicted octanol–water partition coefficient (Wildman–Crippen LogP) is 4.36. The molecule has 0 saturated heterocycles. The molecule has 6 nitrogen and oxygen atoms in total. The van der Waals surface area contributed by atoms with Crippen LogP contribution in [-0.2, 0) is 17.8 Å². The first-order chi connectivity index (χ1) is 15.2. The third-order valence-corrected chi connectivity index (χ3v) is 5.98. The molecule has 0 aliphatic heterocycles. The maximum atomic E-state index is 12.5. The van der Waals surface area contributed by atoms with Crippen LogP contribution in [0.1, 0.15) is 37.9 Å². The number of carbonyl (C=O) groups excluding carboxylic acids is 1. The normalized spacial score (nSPS) is 14.5. The molecule has 31 heavy (non-hydrogen) atoms. The summed E-state index contributed by atoms with van der Waals surface area (Å²) < 4.78 is 13.4. The maximum absolute atomic E-state index is 12.5. The van der Waals surface area contributed by atoms with Crippen LogP contribution in [0.25, 0.3) is 11.0 Å². The SMILES string of the molecule is COc1cccc(OCCn2c(CCNC(=O)C3CCCCC3)nc3ccccc32)c1. The number of hydrogen-bond donors (Lipinski definition) is 1. The topological polar surface area (TPSA) is 65.4 Å².